The lowest BCUT2D eigenvalue weighted by atomic mass is 9.89. The fraction of sp³-hybridized carbons (Fsp3) is 0.619. The highest BCUT2D eigenvalue weighted by molar-refractivity contribution is 5.32. The number of hydrogen-bond donors (Lipinski definition) is 0. The van der Waals surface area contributed by atoms with Crippen LogP contribution in [0.1, 0.15) is 44.5 Å². The van der Waals surface area contributed by atoms with Crippen LogP contribution in [-0.4, -0.2) is 41.6 Å². The van der Waals surface area contributed by atoms with E-state index >= 15 is 0 Å². The average Bonchev–Trinajstić information content (AvgIpc) is 3.31. The van der Waals surface area contributed by atoms with Gasteiger partial charge in [-0.05, 0) is 30.2 Å². The summed E-state index contributed by atoms with van der Waals surface area (Å²) >= 11 is 0. The van der Waals surface area contributed by atoms with E-state index in [1.165, 1.54) is 18.4 Å². The molecule has 1 aromatic heterocycles. The van der Waals surface area contributed by atoms with Crippen molar-refractivity contribution in [3.05, 3.63) is 41.7 Å². The first-order valence-corrected chi connectivity index (χ1v) is 9.87. The third-order valence-corrected chi connectivity index (χ3v) is 5.11. The van der Waals surface area contributed by atoms with Crippen molar-refractivity contribution in [1.29, 1.82) is 0 Å². The first kappa shape index (κ1) is 19.8. The number of nitrogens with zero attached hydrogens (tertiary/aromatic N) is 4. The van der Waals surface area contributed by atoms with E-state index in [-0.39, 0.29) is 5.41 Å². The summed E-state index contributed by atoms with van der Waals surface area (Å²) in [4.78, 5) is 2.35. The minimum Gasteiger partial charge on any atom is -0.385 e. The topological polar surface area (TPSA) is 52.4 Å². The molecule has 0 saturated carbocycles. The first-order chi connectivity index (χ1) is 13.1. The molecule has 0 N–H and O–H groups in total. The molecule has 1 aliphatic heterocycles. The maximum absolute atomic E-state index is 5.95. The lowest BCUT2D eigenvalue weighted by molar-refractivity contribution is 0.0955. The molecule has 0 radical (unpaired) electrons. The van der Waals surface area contributed by atoms with Crippen molar-refractivity contribution in [2.24, 2.45) is 5.41 Å². The molecule has 1 saturated heterocycles. The number of benzene rings is 1. The van der Waals surface area contributed by atoms with Gasteiger partial charge in [0, 0.05) is 33.4 Å². The highest BCUT2D eigenvalue weighted by atomic mass is 16.5. The predicted molar refractivity (Wildman–Crippen MR) is 107 cm³/mol. The van der Waals surface area contributed by atoms with E-state index in [1.54, 1.807) is 7.11 Å². The van der Waals surface area contributed by atoms with Gasteiger partial charge in [0.05, 0.1) is 6.61 Å². The smallest absolute Gasteiger partial charge is 0.227 e. The normalized spacial score (nSPS) is 14.9. The van der Waals surface area contributed by atoms with Crippen molar-refractivity contribution in [3.8, 4) is 0 Å². The van der Waals surface area contributed by atoms with Crippen LogP contribution < -0.4 is 4.90 Å². The molecule has 0 aliphatic carbocycles. The van der Waals surface area contributed by atoms with Gasteiger partial charge in [0.2, 0.25) is 5.95 Å². The molecule has 148 valence electrons. The van der Waals surface area contributed by atoms with Crippen LogP contribution in [0.5, 0.6) is 0 Å². The molecule has 0 amide bonds. The summed E-state index contributed by atoms with van der Waals surface area (Å²) in [6, 6.07) is 10.2. The highest BCUT2D eigenvalue weighted by Crippen LogP contribution is 2.28. The quantitative estimate of drug-likeness (QED) is 0.637. The standard InChI is InChI=1S/C21H32N4O2/c1-21(2,11-14-26-3)17-25-19(16-27-15-18-9-5-4-6-10-18)22-23-20(25)24-12-7-8-13-24/h4-6,9-10H,7-8,11-17H2,1-3H3. The van der Waals surface area contributed by atoms with Crippen molar-refractivity contribution in [2.45, 2.75) is 52.9 Å². The predicted octanol–water partition coefficient (Wildman–Crippen LogP) is 3.66. The molecular formula is C21H32N4O2. The van der Waals surface area contributed by atoms with Crippen LogP contribution in [0.25, 0.3) is 0 Å². The number of methoxy groups -OCH3 is 1. The summed E-state index contributed by atoms with van der Waals surface area (Å²) in [6.07, 6.45) is 3.44. The van der Waals surface area contributed by atoms with Crippen molar-refractivity contribution >= 4 is 5.95 Å². The number of ether oxygens (including phenoxy) is 2. The third-order valence-electron chi connectivity index (χ3n) is 5.11. The first-order valence-electron chi connectivity index (χ1n) is 9.87. The molecule has 1 aliphatic rings. The molecule has 0 bridgehead atoms. The summed E-state index contributed by atoms with van der Waals surface area (Å²) in [5.41, 5.74) is 1.27. The molecule has 1 aromatic carbocycles. The Bertz CT molecular complexity index is 693. The van der Waals surface area contributed by atoms with Gasteiger partial charge < -0.3 is 14.4 Å². The summed E-state index contributed by atoms with van der Waals surface area (Å²) < 4.78 is 13.5. The van der Waals surface area contributed by atoms with Crippen molar-refractivity contribution < 1.29 is 9.47 Å². The van der Waals surface area contributed by atoms with E-state index in [4.69, 9.17) is 9.47 Å². The van der Waals surface area contributed by atoms with Crippen molar-refractivity contribution in [2.75, 3.05) is 31.7 Å². The van der Waals surface area contributed by atoms with Crippen LogP contribution in [0, 0.1) is 5.41 Å². The molecule has 2 aromatic rings. The largest absolute Gasteiger partial charge is 0.385 e. The van der Waals surface area contributed by atoms with E-state index in [2.05, 4.69) is 45.6 Å². The Balaban J connectivity index is 1.72. The fourth-order valence-corrected chi connectivity index (χ4v) is 3.47. The van der Waals surface area contributed by atoms with E-state index in [0.29, 0.717) is 13.2 Å². The van der Waals surface area contributed by atoms with Crippen LogP contribution in [0.3, 0.4) is 0 Å². The number of aromatic nitrogens is 3. The van der Waals surface area contributed by atoms with Gasteiger partial charge in [-0.3, -0.25) is 4.57 Å². The van der Waals surface area contributed by atoms with E-state index < -0.39 is 0 Å². The molecular weight excluding hydrogens is 340 g/mol. The summed E-state index contributed by atoms with van der Waals surface area (Å²) in [6.45, 7) is 9.33. The van der Waals surface area contributed by atoms with Crippen LogP contribution >= 0.6 is 0 Å². The summed E-state index contributed by atoms with van der Waals surface area (Å²) in [7, 11) is 1.76. The van der Waals surface area contributed by atoms with Crippen LogP contribution in [0.15, 0.2) is 30.3 Å². The molecule has 1 fully saturated rings. The maximum atomic E-state index is 5.95. The van der Waals surface area contributed by atoms with E-state index in [1.807, 2.05) is 18.2 Å². The highest BCUT2D eigenvalue weighted by Gasteiger charge is 2.26. The zero-order valence-electron chi connectivity index (χ0n) is 16.9. The third kappa shape index (κ3) is 5.53. The Morgan fingerprint density at radius 2 is 1.78 bits per heavy atom. The van der Waals surface area contributed by atoms with Gasteiger partial charge in [-0.25, -0.2) is 0 Å². The number of hydrogen-bond acceptors (Lipinski definition) is 5. The van der Waals surface area contributed by atoms with Crippen LogP contribution in [0.2, 0.25) is 0 Å². The molecule has 27 heavy (non-hydrogen) atoms. The molecule has 6 nitrogen and oxygen atoms in total. The Hall–Kier alpha value is -1.92. The second-order valence-corrected chi connectivity index (χ2v) is 8.08. The Kier molecular flexibility index (Phi) is 6.85. The van der Waals surface area contributed by atoms with Crippen LogP contribution in [-0.2, 0) is 29.2 Å². The molecule has 0 atom stereocenters. The zero-order chi connectivity index (χ0) is 19.1. The molecule has 6 heteroatoms. The molecule has 0 spiro atoms. The molecule has 0 unspecified atom stereocenters. The minimum atomic E-state index is 0.0983. The Morgan fingerprint density at radius 1 is 1.04 bits per heavy atom. The Morgan fingerprint density at radius 3 is 2.48 bits per heavy atom. The molecule has 3 rings (SSSR count). The van der Waals surface area contributed by atoms with Gasteiger partial charge in [0.25, 0.3) is 0 Å². The summed E-state index contributed by atoms with van der Waals surface area (Å²) in [5.74, 6) is 1.88. The average molecular weight is 373 g/mol. The maximum Gasteiger partial charge on any atom is 0.227 e. The van der Waals surface area contributed by atoms with Gasteiger partial charge in [0.1, 0.15) is 6.61 Å². The lowest BCUT2D eigenvalue weighted by Gasteiger charge is -2.28. The lowest BCUT2D eigenvalue weighted by Crippen LogP contribution is -2.28. The Labute approximate surface area is 162 Å². The second kappa shape index (κ2) is 9.33. The van der Waals surface area contributed by atoms with Crippen LogP contribution in [0.4, 0.5) is 5.95 Å². The van der Waals surface area contributed by atoms with E-state index in [9.17, 15) is 0 Å². The second-order valence-electron chi connectivity index (χ2n) is 8.08. The van der Waals surface area contributed by atoms with E-state index in [0.717, 1.165) is 44.4 Å². The van der Waals surface area contributed by atoms with Crippen molar-refractivity contribution in [3.63, 3.8) is 0 Å². The van der Waals surface area contributed by atoms with Crippen molar-refractivity contribution in [1.82, 2.24) is 14.8 Å². The number of rotatable bonds is 10. The van der Waals surface area contributed by atoms with Gasteiger partial charge in [-0.1, -0.05) is 44.2 Å². The monoisotopic (exact) mass is 372 g/mol. The fourth-order valence-electron chi connectivity index (χ4n) is 3.47. The SMILES string of the molecule is COCCC(C)(C)Cn1c(COCc2ccccc2)nnc1N1CCCC1. The minimum absolute atomic E-state index is 0.0983. The zero-order valence-corrected chi connectivity index (χ0v) is 16.9. The van der Waals surface area contributed by atoms with Gasteiger partial charge in [0.15, 0.2) is 5.82 Å². The van der Waals surface area contributed by atoms with Gasteiger partial charge >= 0.3 is 0 Å². The number of anilines is 1. The summed E-state index contributed by atoms with van der Waals surface area (Å²) in [5, 5.41) is 8.99. The van der Waals surface area contributed by atoms with Gasteiger partial charge in [-0.15, -0.1) is 10.2 Å². The molecule has 2 heterocycles. The van der Waals surface area contributed by atoms with Gasteiger partial charge in [-0.2, -0.15) is 0 Å².